The molecule has 0 aromatic rings. The number of rotatable bonds is 3. The Morgan fingerprint density at radius 3 is 2.54 bits per heavy atom. The molecule has 0 amide bonds. The van der Waals surface area contributed by atoms with Crippen molar-refractivity contribution in [1.29, 1.82) is 0 Å². The first-order chi connectivity index (χ1) is 13.4. The molecule has 28 heavy (non-hydrogen) atoms. The molecule has 4 aliphatic carbocycles. The molecular weight excluding hydrogens is 348 g/mol. The quantitative estimate of drug-likeness (QED) is 0.460. The van der Waals surface area contributed by atoms with Gasteiger partial charge in [-0.05, 0) is 91.9 Å². The topological polar surface area (TPSA) is 43.4 Å². The number of methoxy groups -OCH3 is 1. The van der Waals surface area contributed by atoms with Crippen molar-refractivity contribution in [3.8, 4) is 0 Å². The third-order valence-corrected chi connectivity index (χ3v) is 9.77. The Hall–Kier alpha value is -1.12. The zero-order valence-electron chi connectivity index (χ0n) is 18.3. The zero-order chi connectivity index (χ0) is 20.1. The van der Waals surface area contributed by atoms with Crippen molar-refractivity contribution in [3.05, 3.63) is 11.6 Å². The fraction of sp³-hybridized carbons (Fsp3) is 0.840. The summed E-state index contributed by atoms with van der Waals surface area (Å²) in [5, 5.41) is 0. The molecule has 156 valence electrons. The predicted octanol–water partition coefficient (Wildman–Crippen LogP) is 5.72. The highest BCUT2D eigenvalue weighted by Gasteiger charge is 2.63. The predicted molar refractivity (Wildman–Crippen MR) is 111 cm³/mol. The summed E-state index contributed by atoms with van der Waals surface area (Å²) in [4.78, 5) is 25.5. The van der Waals surface area contributed by atoms with E-state index >= 15 is 0 Å². The molecule has 3 heteroatoms. The van der Waals surface area contributed by atoms with Gasteiger partial charge in [-0.25, -0.2) is 0 Å². The molecule has 0 aromatic heterocycles. The molecule has 7 unspecified atom stereocenters. The summed E-state index contributed by atoms with van der Waals surface area (Å²) in [6, 6.07) is 0. The Morgan fingerprint density at radius 2 is 1.82 bits per heavy atom. The van der Waals surface area contributed by atoms with Crippen LogP contribution in [0.25, 0.3) is 0 Å². The molecular formula is C25H38O3. The van der Waals surface area contributed by atoms with Crippen LogP contribution in [-0.4, -0.2) is 18.9 Å². The number of carbonyl (C=O) groups excluding carboxylic acids is 2. The van der Waals surface area contributed by atoms with E-state index in [1.807, 2.05) is 0 Å². The SMILES string of the molecule is C/C=C1/C(=O)C2C3CCC(CCC(=O)OC)C3(C)CCC2C2(C)CCCCC12. The van der Waals surface area contributed by atoms with E-state index in [-0.39, 0.29) is 17.3 Å². The molecule has 0 saturated heterocycles. The van der Waals surface area contributed by atoms with Crippen LogP contribution in [0.1, 0.15) is 85.0 Å². The van der Waals surface area contributed by atoms with Crippen LogP contribution in [0.5, 0.6) is 0 Å². The molecule has 0 radical (unpaired) electrons. The van der Waals surface area contributed by atoms with Crippen molar-refractivity contribution in [1.82, 2.24) is 0 Å². The van der Waals surface area contributed by atoms with E-state index in [0.717, 1.165) is 18.4 Å². The first-order valence-electron chi connectivity index (χ1n) is 11.6. The van der Waals surface area contributed by atoms with E-state index < -0.39 is 0 Å². The number of Topliss-reactive ketones (excluding diaryl/α,β-unsaturated/α-hetero) is 1. The number of esters is 1. The Balaban J connectivity index is 1.63. The molecule has 3 nitrogen and oxygen atoms in total. The second-order valence-electron chi connectivity index (χ2n) is 10.6. The lowest BCUT2D eigenvalue weighted by atomic mass is 9.43. The fourth-order valence-corrected chi connectivity index (χ4v) is 8.24. The van der Waals surface area contributed by atoms with E-state index in [4.69, 9.17) is 4.74 Å². The van der Waals surface area contributed by atoms with Crippen molar-refractivity contribution >= 4 is 11.8 Å². The molecule has 4 aliphatic rings. The van der Waals surface area contributed by atoms with Crippen LogP contribution in [0.15, 0.2) is 11.6 Å². The summed E-state index contributed by atoms with van der Waals surface area (Å²) in [6.45, 7) is 7.02. The van der Waals surface area contributed by atoms with Gasteiger partial charge in [0.15, 0.2) is 5.78 Å². The Labute approximate surface area is 170 Å². The van der Waals surface area contributed by atoms with Crippen LogP contribution in [0.3, 0.4) is 0 Å². The lowest BCUT2D eigenvalue weighted by Crippen LogP contribution is -2.57. The Kier molecular flexibility index (Phi) is 5.25. The molecule has 0 aromatic carbocycles. The summed E-state index contributed by atoms with van der Waals surface area (Å²) in [5.41, 5.74) is 1.68. The molecule has 4 saturated carbocycles. The minimum absolute atomic E-state index is 0.0942. The lowest BCUT2D eigenvalue weighted by Gasteiger charge is -2.60. The number of fused-ring (bicyclic) bond motifs is 5. The molecule has 0 N–H and O–H groups in total. The summed E-state index contributed by atoms with van der Waals surface area (Å²) in [7, 11) is 1.48. The Morgan fingerprint density at radius 1 is 1.07 bits per heavy atom. The standard InChI is InChI=1S/C25H38O3/c1-5-17-18-8-6-7-14-25(18,3)20-13-15-24(2)16(10-12-21(26)28-4)9-11-19(24)22(20)23(17)27/h5,16,18-20,22H,6-15H2,1-4H3/b17-5+. The van der Waals surface area contributed by atoms with Crippen LogP contribution in [0.2, 0.25) is 0 Å². The Bertz CT molecular complexity index is 679. The van der Waals surface area contributed by atoms with Crippen molar-refractivity contribution in [3.63, 3.8) is 0 Å². The summed E-state index contributed by atoms with van der Waals surface area (Å²) in [6.07, 6.45) is 13.4. The van der Waals surface area contributed by atoms with Crippen LogP contribution >= 0.6 is 0 Å². The fourth-order valence-electron chi connectivity index (χ4n) is 8.24. The number of allylic oxidation sites excluding steroid dienone is 2. The smallest absolute Gasteiger partial charge is 0.305 e. The monoisotopic (exact) mass is 386 g/mol. The van der Waals surface area contributed by atoms with E-state index in [9.17, 15) is 9.59 Å². The highest BCUT2D eigenvalue weighted by molar-refractivity contribution is 5.99. The van der Waals surface area contributed by atoms with Gasteiger partial charge in [-0.3, -0.25) is 9.59 Å². The van der Waals surface area contributed by atoms with Crippen LogP contribution in [-0.2, 0) is 14.3 Å². The normalized spacial score (nSPS) is 46.6. The van der Waals surface area contributed by atoms with Crippen molar-refractivity contribution in [2.24, 2.45) is 40.4 Å². The minimum Gasteiger partial charge on any atom is -0.469 e. The maximum absolute atomic E-state index is 13.7. The molecule has 0 spiro atoms. The summed E-state index contributed by atoms with van der Waals surface area (Å²) in [5.74, 6) is 2.71. The highest BCUT2D eigenvalue weighted by atomic mass is 16.5. The van der Waals surface area contributed by atoms with Crippen molar-refractivity contribution in [2.45, 2.75) is 85.0 Å². The summed E-state index contributed by atoms with van der Waals surface area (Å²) >= 11 is 0. The van der Waals surface area contributed by atoms with E-state index in [2.05, 4.69) is 26.8 Å². The first-order valence-corrected chi connectivity index (χ1v) is 11.6. The molecule has 0 aliphatic heterocycles. The van der Waals surface area contributed by atoms with Crippen molar-refractivity contribution < 1.29 is 14.3 Å². The van der Waals surface area contributed by atoms with Gasteiger partial charge in [-0.1, -0.05) is 32.8 Å². The zero-order valence-corrected chi connectivity index (χ0v) is 18.3. The van der Waals surface area contributed by atoms with E-state index in [1.54, 1.807) is 0 Å². The minimum atomic E-state index is -0.0942. The maximum atomic E-state index is 13.7. The third-order valence-electron chi connectivity index (χ3n) is 9.77. The van der Waals surface area contributed by atoms with Gasteiger partial charge in [0, 0.05) is 12.3 Å². The number of hydrogen-bond donors (Lipinski definition) is 0. The second kappa shape index (κ2) is 7.29. The molecule has 4 fully saturated rings. The lowest BCUT2D eigenvalue weighted by molar-refractivity contribution is -0.147. The van der Waals surface area contributed by atoms with Gasteiger partial charge in [0.1, 0.15) is 0 Å². The van der Waals surface area contributed by atoms with Gasteiger partial charge in [0.05, 0.1) is 7.11 Å². The number of hydrogen-bond acceptors (Lipinski definition) is 3. The van der Waals surface area contributed by atoms with Gasteiger partial charge in [-0.2, -0.15) is 0 Å². The average molecular weight is 387 g/mol. The van der Waals surface area contributed by atoms with Crippen LogP contribution < -0.4 is 0 Å². The maximum Gasteiger partial charge on any atom is 0.305 e. The van der Waals surface area contributed by atoms with Gasteiger partial charge in [-0.15, -0.1) is 0 Å². The summed E-state index contributed by atoms with van der Waals surface area (Å²) < 4.78 is 4.88. The number of ketones is 1. The van der Waals surface area contributed by atoms with Crippen LogP contribution in [0.4, 0.5) is 0 Å². The second-order valence-corrected chi connectivity index (χ2v) is 10.6. The van der Waals surface area contributed by atoms with E-state index in [1.165, 1.54) is 52.1 Å². The molecule has 0 heterocycles. The molecule has 7 atom stereocenters. The number of carbonyl (C=O) groups is 2. The highest BCUT2D eigenvalue weighted by Crippen LogP contribution is 2.67. The van der Waals surface area contributed by atoms with Crippen LogP contribution in [0, 0.1) is 40.4 Å². The molecule has 4 rings (SSSR count). The number of ether oxygens (including phenoxy) is 1. The average Bonchev–Trinajstić information content (AvgIpc) is 3.03. The van der Waals surface area contributed by atoms with Gasteiger partial charge < -0.3 is 4.74 Å². The van der Waals surface area contributed by atoms with Crippen molar-refractivity contribution in [2.75, 3.05) is 7.11 Å². The largest absolute Gasteiger partial charge is 0.469 e. The first kappa shape index (κ1) is 20.2. The molecule has 0 bridgehead atoms. The third kappa shape index (κ3) is 2.82. The van der Waals surface area contributed by atoms with Gasteiger partial charge in [0.25, 0.3) is 0 Å². The van der Waals surface area contributed by atoms with Gasteiger partial charge in [0.2, 0.25) is 0 Å². The van der Waals surface area contributed by atoms with Gasteiger partial charge >= 0.3 is 5.97 Å². The van der Waals surface area contributed by atoms with E-state index in [0.29, 0.717) is 41.3 Å².